The van der Waals surface area contributed by atoms with E-state index in [2.05, 4.69) is 6.92 Å². The number of thiophene rings is 1. The minimum absolute atomic E-state index is 0.188. The third-order valence-electron chi connectivity index (χ3n) is 2.42. The fourth-order valence-corrected chi connectivity index (χ4v) is 2.36. The first-order chi connectivity index (χ1) is 7.77. The van der Waals surface area contributed by atoms with Crippen molar-refractivity contribution in [2.75, 3.05) is 19.0 Å². The van der Waals surface area contributed by atoms with E-state index in [0.29, 0.717) is 18.8 Å². The number of nitrogens with zero attached hydrogens (tertiary/aromatic N) is 1. The Labute approximate surface area is 106 Å². The average molecular weight is 260 g/mol. The Morgan fingerprint density at radius 3 is 2.88 bits per heavy atom. The van der Waals surface area contributed by atoms with Crippen molar-refractivity contribution in [1.82, 2.24) is 4.90 Å². The van der Waals surface area contributed by atoms with E-state index in [1.807, 2.05) is 21.7 Å². The SMILES string of the molecule is CCCCN(CCCl)C(=O)Cc1ccsc1. The van der Waals surface area contributed by atoms with Crippen molar-refractivity contribution in [3.63, 3.8) is 0 Å². The molecule has 2 nitrogen and oxygen atoms in total. The third-order valence-corrected chi connectivity index (χ3v) is 3.33. The highest BCUT2D eigenvalue weighted by Gasteiger charge is 2.12. The maximum absolute atomic E-state index is 12.0. The van der Waals surface area contributed by atoms with Gasteiger partial charge in [-0.1, -0.05) is 13.3 Å². The Hall–Kier alpha value is -0.540. The average Bonchev–Trinajstić information content (AvgIpc) is 2.76. The molecule has 0 saturated heterocycles. The number of halogens is 1. The lowest BCUT2D eigenvalue weighted by molar-refractivity contribution is -0.130. The molecule has 0 fully saturated rings. The molecule has 4 heteroatoms. The van der Waals surface area contributed by atoms with E-state index in [1.54, 1.807) is 11.3 Å². The molecule has 0 bridgehead atoms. The number of carbonyl (C=O) groups excluding carboxylic acids is 1. The number of carbonyl (C=O) groups is 1. The summed E-state index contributed by atoms with van der Waals surface area (Å²) in [4.78, 5) is 13.8. The molecule has 1 heterocycles. The summed E-state index contributed by atoms with van der Waals surface area (Å²) in [5.74, 6) is 0.700. The van der Waals surface area contributed by atoms with Crippen LogP contribution in [0, 0.1) is 0 Å². The van der Waals surface area contributed by atoms with Crippen molar-refractivity contribution < 1.29 is 4.79 Å². The van der Waals surface area contributed by atoms with E-state index in [0.717, 1.165) is 24.9 Å². The molecule has 0 spiro atoms. The second kappa shape index (κ2) is 7.69. The van der Waals surface area contributed by atoms with E-state index in [-0.39, 0.29) is 5.91 Å². The van der Waals surface area contributed by atoms with Crippen LogP contribution in [0.3, 0.4) is 0 Å². The molecular formula is C12H18ClNOS. The highest BCUT2D eigenvalue weighted by atomic mass is 35.5. The zero-order valence-corrected chi connectivity index (χ0v) is 11.2. The van der Waals surface area contributed by atoms with Crippen LogP contribution in [0.2, 0.25) is 0 Å². The molecule has 16 heavy (non-hydrogen) atoms. The highest BCUT2D eigenvalue weighted by molar-refractivity contribution is 7.07. The summed E-state index contributed by atoms with van der Waals surface area (Å²) in [6.07, 6.45) is 2.65. The van der Waals surface area contributed by atoms with Crippen LogP contribution in [0.5, 0.6) is 0 Å². The second-order valence-corrected chi connectivity index (χ2v) is 4.89. The fourth-order valence-electron chi connectivity index (χ4n) is 1.49. The molecule has 1 amide bonds. The molecule has 0 aliphatic heterocycles. The first-order valence-corrected chi connectivity index (χ1v) is 7.10. The molecule has 0 radical (unpaired) electrons. The van der Waals surface area contributed by atoms with Gasteiger partial charge in [0.1, 0.15) is 0 Å². The Morgan fingerprint density at radius 2 is 2.31 bits per heavy atom. The van der Waals surface area contributed by atoms with Gasteiger partial charge < -0.3 is 4.90 Å². The normalized spacial score (nSPS) is 10.4. The van der Waals surface area contributed by atoms with Gasteiger partial charge in [-0.25, -0.2) is 0 Å². The Bertz CT molecular complexity index is 300. The predicted octanol–water partition coefficient (Wildman–Crippen LogP) is 3.16. The topological polar surface area (TPSA) is 20.3 Å². The number of amides is 1. The first kappa shape index (κ1) is 13.5. The van der Waals surface area contributed by atoms with Gasteiger partial charge in [-0.2, -0.15) is 11.3 Å². The van der Waals surface area contributed by atoms with Crippen LogP contribution < -0.4 is 0 Å². The van der Waals surface area contributed by atoms with Crippen molar-refractivity contribution in [3.05, 3.63) is 22.4 Å². The van der Waals surface area contributed by atoms with Crippen LogP contribution in [0.15, 0.2) is 16.8 Å². The maximum Gasteiger partial charge on any atom is 0.227 e. The van der Waals surface area contributed by atoms with E-state index in [9.17, 15) is 4.79 Å². The minimum Gasteiger partial charge on any atom is -0.341 e. The second-order valence-electron chi connectivity index (χ2n) is 3.73. The molecule has 1 aromatic rings. The van der Waals surface area contributed by atoms with Gasteiger partial charge in [-0.05, 0) is 28.8 Å². The number of alkyl halides is 1. The molecule has 1 aromatic heterocycles. The van der Waals surface area contributed by atoms with E-state index >= 15 is 0 Å². The van der Waals surface area contributed by atoms with Gasteiger partial charge in [0.25, 0.3) is 0 Å². The van der Waals surface area contributed by atoms with Crippen LogP contribution >= 0.6 is 22.9 Å². The molecule has 0 saturated carbocycles. The van der Waals surface area contributed by atoms with Gasteiger partial charge in [0, 0.05) is 19.0 Å². The molecule has 0 N–H and O–H groups in total. The highest BCUT2D eigenvalue weighted by Crippen LogP contribution is 2.09. The molecule has 0 aliphatic carbocycles. The van der Waals surface area contributed by atoms with E-state index < -0.39 is 0 Å². The van der Waals surface area contributed by atoms with Gasteiger partial charge in [-0.3, -0.25) is 4.79 Å². The number of hydrogen-bond donors (Lipinski definition) is 0. The van der Waals surface area contributed by atoms with Crippen molar-refractivity contribution in [2.45, 2.75) is 26.2 Å². The van der Waals surface area contributed by atoms with Crippen LogP contribution in [0.25, 0.3) is 0 Å². The van der Waals surface area contributed by atoms with Crippen molar-refractivity contribution >= 4 is 28.8 Å². The lowest BCUT2D eigenvalue weighted by Gasteiger charge is -2.21. The summed E-state index contributed by atoms with van der Waals surface area (Å²) in [6, 6.07) is 2.00. The minimum atomic E-state index is 0.188. The fraction of sp³-hybridized carbons (Fsp3) is 0.583. The molecule has 0 aliphatic rings. The molecular weight excluding hydrogens is 242 g/mol. The largest absolute Gasteiger partial charge is 0.341 e. The van der Waals surface area contributed by atoms with Crippen LogP contribution in [-0.4, -0.2) is 29.8 Å². The molecule has 0 unspecified atom stereocenters. The third kappa shape index (κ3) is 4.54. The standard InChI is InChI=1S/C12H18ClNOS/c1-2-3-6-14(7-5-13)12(15)9-11-4-8-16-10-11/h4,8,10H,2-3,5-7,9H2,1H3. The summed E-state index contributed by atoms with van der Waals surface area (Å²) in [5, 5.41) is 4.02. The van der Waals surface area contributed by atoms with Crippen molar-refractivity contribution in [3.8, 4) is 0 Å². The molecule has 1 rings (SSSR count). The van der Waals surface area contributed by atoms with Crippen molar-refractivity contribution in [2.24, 2.45) is 0 Å². The van der Waals surface area contributed by atoms with Gasteiger partial charge >= 0.3 is 0 Å². The van der Waals surface area contributed by atoms with Gasteiger partial charge in [0.05, 0.1) is 6.42 Å². The van der Waals surface area contributed by atoms with Crippen molar-refractivity contribution in [1.29, 1.82) is 0 Å². The predicted molar refractivity (Wildman–Crippen MR) is 70.2 cm³/mol. The molecule has 90 valence electrons. The zero-order valence-electron chi connectivity index (χ0n) is 9.62. The Morgan fingerprint density at radius 1 is 1.50 bits per heavy atom. The molecule has 0 atom stereocenters. The van der Waals surface area contributed by atoms with Gasteiger partial charge in [0.2, 0.25) is 5.91 Å². The number of unbranched alkanes of at least 4 members (excludes halogenated alkanes) is 1. The quantitative estimate of drug-likeness (QED) is 0.689. The van der Waals surface area contributed by atoms with Gasteiger partial charge in [0.15, 0.2) is 0 Å². The smallest absolute Gasteiger partial charge is 0.227 e. The number of hydrogen-bond acceptors (Lipinski definition) is 2. The summed E-state index contributed by atoms with van der Waals surface area (Å²) in [7, 11) is 0. The Kier molecular flexibility index (Phi) is 6.50. The summed E-state index contributed by atoms with van der Waals surface area (Å²) < 4.78 is 0. The molecule has 0 aromatic carbocycles. The van der Waals surface area contributed by atoms with Gasteiger partial charge in [-0.15, -0.1) is 11.6 Å². The van der Waals surface area contributed by atoms with Crippen LogP contribution in [0.1, 0.15) is 25.3 Å². The lowest BCUT2D eigenvalue weighted by Crippen LogP contribution is -2.34. The Balaban J connectivity index is 2.46. The maximum atomic E-state index is 12.0. The van der Waals surface area contributed by atoms with Crippen LogP contribution in [-0.2, 0) is 11.2 Å². The first-order valence-electron chi connectivity index (χ1n) is 5.62. The van der Waals surface area contributed by atoms with E-state index in [4.69, 9.17) is 11.6 Å². The summed E-state index contributed by atoms with van der Waals surface area (Å²) in [5.41, 5.74) is 1.10. The lowest BCUT2D eigenvalue weighted by atomic mass is 10.2. The summed E-state index contributed by atoms with van der Waals surface area (Å²) in [6.45, 7) is 3.61. The monoisotopic (exact) mass is 259 g/mol. The van der Waals surface area contributed by atoms with E-state index in [1.165, 1.54) is 0 Å². The summed E-state index contributed by atoms with van der Waals surface area (Å²) >= 11 is 7.34. The zero-order chi connectivity index (χ0) is 11.8. The number of rotatable bonds is 7. The van der Waals surface area contributed by atoms with Crippen LogP contribution in [0.4, 0.5) is 0 Å².